The third kappa shape index (κ3) is 3.89. The number of aromatic nitrogens is 2. The number of hydrogen-bond acceptors (Lipinski definition) is 6. The lowest BCUT2D eigenvalue weighted by Gasteiger charge is -2.06. The Labute approximate surface area is 179 Å². The van der Waals surface area contributed by atoms with E-state index in [1.54, 1.807) is 12.1 Å². The van der Waals surface area contributed by atoms with Crippen LogP contribution in [0.4, 0.5) is 0 Å². The molecule has 2 heterocycles. The molecule has 0 saturated heterocycles. The van der Waals surface area contributed by atoms with Crippen LogP contribution in [0.25, 0.3) is 22.4 Å². The highest BCUT2D eigenvalue weighted by molar-refractivity contribution is 7.12. The average Bonchev–Trinajstić information content (AvgIpc) is 3.38. The van der Waals surface area contributed by atoms with Gasteiger partial charge in [0.2, 0.25) is 0 Å². The summed E-state index contributed by atoms with van der Waals surface area (Å²) >= 11 is 14.8. The number of ether oxygens (including phenoxy) is 1. The third-order valence-electron chi connectivity index (χ3n) is 4.08. The van der Waals surface area contributed by atoms with E-state index < -0.39 is 0 Å². The van der Waals surface area contributed by atoms with Crippen molar-refractivity contribution in [1.29, 1.82) is 5.26 Å². The summed E-state index contributed by atoms with van der Waals surface area (Å²) in [5.41, 5.74) is 4.97. The minimum Gasteiger partial charge on any atom is -0.478 e. The molecule has 0 aliphatic rings. The summed E-state index contributed by atoms with van der Waals surface area (Å²) in [5, 5.41) is 19.0. The SMILES string of the molecule is N#Cc1c(-c2ccc(Cl)c(Cl)c2)csc1OCc1ccc(-c2csnn2)cc1. The topological polar surface area (TPSA) is 58.8 Å². The van der Waals surface area contributed by atoms with E-state index in [4.69, 9.17) is 27.9 Å². The largest absolute Gasteiger partial charge is 0.478 e. The molecule has 138 valence electrons. The molecule has 0 aliphatic carbocycles. The van der Waals surface area contributed by atoms with Gasteiger partial charge in [0, 0.05) is 21.9 Å². The normalized spacial score (nSPS) is 10.6. The Kier molecular flexibility index (Phi) is 5.60. The molecule has 0 N–H and O–H groups in total. The lowest BCUT2D eigenvalue weighted by molar-refractivity contribution is 0.315. The third-order valence-corrected chi connectivity index (χ3v) is 6.21. The van der Waals surface area contributed by atoms with Crippen LogP contribution in [0.1, 0.15) is 11.1 Å². The van der Waals surface area contributed by atoms with Crippen LogP contribution in [0.5, 0.6) is 5.06 Å². The minimum absolute atomic E-state index is 0.367. The summed E-state index contributed by atoms with van der Waals surface area (Å²) in [7, 11) is 0. The van der Waals surface area contributed by atoms with Crippen molar-refractivity contribution in [1.82, 2.24) is 9.59 Å². The lowest BCUT2D eigenvalue weighted by atomic mass is 10.1. The fourth-order valence-electron chi connectivity index (χ4n) is 2.64. The second kappa shape index (κ2) is 8.29. The van der Waals surface area contributed by atoms with Crippen LogP contribution in [-0.4, -0.2) is 9.59 Å². The molecule has 0 radical (unpaired) electrons. The Morgan fingerprint density at radius 2 is 1.79 bits per heavy atom. The highest BCUT2D eigenvalue weighted by Gasteiger charge is 2.15. The van der Waals surface area contributed by atoms with Gasteiger partial charge in [-0.25, -0.2) is 0 Å². The molecule has 0 amide bonds. The van der Waals surface area contributed by atoms with E-state index in [1.165, 1.54) is 22.9 Å². The lowest BCUT2D eigenvalue weighted by Crippen LogP contribution is -1.95. The Bertz CT molecular complexity index is 1150. The molecule has 0 atom stereocenters. The second-order valence-electron chi connectivity index (χ2n) is 5.83. The van der Waals surface area contributed by atoms with Gasteiger partial charge in [-0.1, -0.05) is 58.0 Å². The number of rotatable bonds is 5. The maximum absolute atomic E-state index is 9.62. The first-order valence-corrected chi connectivity index (χ1v) is 10.6. The Morgan fingerprint density at radius 1 is 1.00 bits per heavy atom. The first-order chi connectivity index (χ1) is 13.7. The van der Waals surface area contributed by atoms with Gasteiger partial charge in [-0.15, -0.1) is 16.4 Å². The van der Waals surface area contributed by atoms with Crippen LogP contribution >= 0.6 is 46.1 Å². The molecule has 0 saturated carbocycles. The van der Waals surface area contributed by atoms with Gasteiger partial charge in [0.15, 0.2) is 5.06 Å². The molecule has 4 aromatic rings. The zero-order valence-electron chi connectivity index (χ0n) is 14.2. The maximum Gasteiger partial charge on any atom is 0.192 e. The molecule has 0 aliphatic heterocycles. The van der Waals surface area contributed by atoms with Gasteiger partial charge in [-0.05, 0) is 34.8 Å². The number of nitrogens with zero attached hydrogens (tertiary/aromatic N) is 3. The van der Waals surface area contributed by atoms with Crippen molar-refractivity contribution in [3.05, 3.63) is 74.4 Å². The highest BCUT2D eigenvalue weighted by atomic mass is 35.5. The van der Waals surface area contributed by atoms with Crippen molar-refractivity contribution < 1.29 is 4.74 Å². The van der Waals surface area contributed by atoms with Gasteiger partial charge >= 0.3 is 0 Å². The first kappa shape index (κ1) is 18.9. The standard InChI is InChI=1S/C20H11Cl2N3OS2/c21-17-6-5-14(7-18(17)22)16-10-27-20(15(16)8-23)26-9-12-1-3-13(4-2-12)19-11-28-25-24-19/h1-7,10-11H,9H2. The summed E-state index contributed by atoms with van der Waals surface area (Å²) in [4.78, 5) is 0. The molecule has 8 heteroatoms. The predicted octanol–water partition coefficient (Wildman–Crippen LogP) is 6.69. The molecule has 28 heavy (non-hydrogen) atoms. The molecule has 4 rings (SSSR count). The molecular formula is C20H11Cl2N3OS2. The zero-order valence-corrected chi connectivity index (χ0v) is 17.4. The number of halogens is 2. The van der Waals surface area contributed by atoms with Crippen molar-refractivity contribution in [3.63, 3.8) is 0 Å². The molecular weight excluding hydrogens is 433 g/mol. The molecule has 0 bridgehead atoms. The summed E-state index contributed by atoms with van der Waals surface area (Å²) < 4.78 is 9.79. The number of benzene rings is 2. The minimum atomic E-state index is 0.367. The number of thiophene rings is 1. The number of hydrogen-bond donors (Lipinski definition) is 0. The molecule has 2 aromatic carbocycles. The van der Waals surface area contributed by atoms with E-state index >= 15 is 0 Å². The van der Waals surface area contributed by atoms with Crippen molar-refractivity contribution in [3.8, 4) is 33.5 Å². The van der Waals surface area contributed by atoms with Gasteiger partial charge in [0.05, 0.1) is 10.0 Å². The van der Waals surface area contributed by atoms with Crippen molar-refractivity contribution in [2.75, 3.05) is 0 Å². The second-order valence-corrected chi connectivity index (χ2v) is 8.09. The van der Waals surface area contributed by atoms with E-state index in [-0.39, 0.29) is 0 Å². The first-order valence-electron chi connectivity index (χ1n) is 8.12. The zero-order chi connectivity index (χ0) is 19.5. The summed E-state index contributed by atoms with van der Waals surface area (Å²) in [5.74, 6) is 0. The van der Waals surface area contributed by atoms with E-state index in [9.17, 15) is 5.26 Å². The quantitative estimate of drug-likeness (QED) is 0.344. The molecule has 0 fully saturated rings. The maximum atomic E-state index is 9.62. The van der Waals surface area contributed by atoms with Crippen molar-refractivity contribution >= 4 is 46.1 Å². The molecule has 2 aromatic heterocycles. The van der Waals surface area contributed by atoms with Crippen LogP contribution in [0.15, 0.2) is 53.2 Å². The fraction of sp³-hybridized carbons (Fsp3) is 0.0500. The van der Waals surface area contributed by atoms with Gasteiger partial charge in [0.1, 0.15) is 23.9 Å². The molecule has 0 spiro atoms. The Hall–Kier alpha value is -2.43. The van der Waals surface area contributed by atoms with Gasteiger partial charge < -0.3 is 4.74 Å². The van der Waals surface area contributed by atoms with Gasteiger partial charge in [-0.3, -0.25) is 0 Å². The van der Waals surface area contributed by atoms with E-state index in [0.717, 1.165) is 27.9 Å². The van der Waals surface area contributed by atoms with Crippen LogP contribution in [0, 0.1) is 11.3 Å². The van der Waals surface area contributed by atoms with E-state index in [1.807, 2.05) is 41.1 Å². The van der Waals surface area contributed by atoms with Crippen LogP contribution < -0.4 is 4.74 Å². The monoisotopic (exact) mass is 443 g/mol. The molecule has 4 nitrogen and oxygen atoms in total. The van der Waals surface area contributed by atoms with Crippen molar-refractivity contribution in [2.45, 2.75) is 6.61 Å². The molecule has 0 unspecified atom stereocenters. The number of nitriles is 1. The van der Waals surface area contributed by atoms with E-state index in [2.05, 4.69) is 15.7 Å². The predicted molar refractivity (Wildman–Crippen MR) is 114 cm³/mol. The van der Waals surface area contributed by atoms with Gasteiger partial charge in [-0.2, -0.15) is 5.26 Å². The Balaban J connectivity index is 1.52. The van der Waals surface area contributed by atoms with Crippen LogP contribution in [0.2, 0.25) is 10.0 Å². The summed E-state index contributed by atoms with van der Waals surface area (Å²) in [6, 6.07) is 15.5. The summed E-state index contributed by atoms with van der Waals surface area (Å²) in [6.07, 6.45) is 0. The van der Waals surface area contributed by atoms with Crippen LogP contribution in [0.3, 0.4) is 0 Å². The Morgan fingerprint density at radius 3 is 2.46 bits per heavy atom. The van der Waals surface area contributed by atoms with Gasteiger partial charge in [0.25, 0.3) is 0 Å². The van der Waals surface area contributed by atoms with Crippen molar-refractivity contribution in [2.24, 2.45) is 0 Å². The smallest absolute Gasteiger partial charge is 0.192 e. The van der Waals surface area contributed by atoms with Crippen LogP contribution in [-0.2, 0) is 6.61 Å². The highest BCUT2D eigenvalue weighted by Crippen LogP contribution is 2.39. The fourth-order valence-corrected chi connectivity index (χ4v) is 4.28. The average molecular weight is 444 g/mol. The van der Waals surface area contributed by atoms with E-state index in [0.29, 0.717) is 27.3 Å². The summed E-state index contributed by atoms with van der Waals surface area (Å²) in [6.45, 7) is 0.367.